The Kier molecular flexibility index (Phi) is 5.83. The molecule has 2 aromatic rings. The van der Waals surface area contributed by atoms with Crippen LogP contribution in [0.4, 0.5) is 0 Å². The fourth-order valence-electron chi connectivity index (χ4n) is 2.58. The van der Waals surface area contributed by atoms with Crippen molar-refractivity contribution >= 4 is 33.2 Å². The second-order valence-corrected chi connectivity index (χ2v) is 7.52. The molecule has 0 bridgehead atoms. The first-order valence-electron chi connectivity index (χ1n) is 7.79. The van der Waals surface area contributed by atoms with Crippen molar-refractivity contribution in [1.29, 1.82) is 0 Å². The number of piperazine rings is 1. The molecule has 2 N–H and O–H groups in total. The molecule has 2 heterocycles. The highest BCUT2D eigenvalue weighted by Gasteiger charge is 2.12. The summed E-state index contributed by atoms with van der Waals surface area (Å²) in [5, 5.41) is 6.35. The molecule has 1 aliphatic rings. The topological polar surface area (TPSA) is 44.4 Å². The lowest BCUT2D eigenvalue weighted by molar-refractivity contribution is 0.0951. The maximum atomic E-state index is 12.2. The normalized spacial score (nSPS) is 15.5. The lowest BCUT2D eigenvalue weighted by Gasteiger charge is -2.26. The van der Waals surface area contributed by atoms with Gasteiger partial charge in [0, 0.05) is 48.6 Å². The monoisotopic (exact) mass is 393 g/mol. The van der Waals surface area contributed by atoms with Crippen molar-refractivity contribution < 1.29 is 4.79 Å². The zero-order chi connectivity index (χ0) is 16.1. The van der Waals surface area contributed by atoms with Gasteiger partial charge in [0.25, 0.3) is 5.91 Å². The molecule has 0 aliphatic carbocycles. The highest BCUT2D eigenvalue weighted by atomic mass is 79.9. The van der Waals surface area contributed by atoms with E-state index in [2.05, 4.69) is 43.6 Å². The summed E-state index contributed by atoms with van der Waals surface area (Å²) in [6, 6.07) is 12.1. The van der Waals surface area contributed by atoms with E-state index < -0.39 is 0 Å². The third-order valence-corrected chi connectivity index (χ3v) is 5.54. The molecule has 0 atom stereocenters. The number of hydrogen-bond acceptors (Lipinski definition) is 4. The van der Waals surface area contributed by atoms with Gasteiger partial charge < -0.3 is 10.6 Å². The van der Waals surface area contributed by atoms with Gasteiger partial charge in [-0.05, 0) is 29.8 Å². The molecular weight excluding hydrogens is 374 g/mol. The minimum atomic E-state index is 0.0218. The summed E-state index contributed by atoms with van der Waals surface area (Å²) < 4.78 is 1.06. The van der Waals surface area contributed by atoms with Crippen LogP contribution in [-0.2, 0) is 0 Å². The van der Waals surface area contributed by atoms with Crippen LogP contribution < -0.4 is 10.6 Å². The van der Waals surface area contributed by atoms with Crippen molar-refractivity contribution in [3.63, 3.8) is 0 Å². The number of hydrogen-bond donors (Lipinski definition) is 2. The standard InChI is InChI=1S/C17H20BrN3OS/c18-14-3-1-13(2-4-14)15-5-6-16(23-15)17(22)20-9-12-21-10-7-19-8-11-21/h1-6,19H,7-12H2,(H,20,22). The molecular formula is C17H20BrN3OS. The van der Waals surface area contributed by atoms with Gasteiger partial charge in [-0.2, -0.15) is 0 Å². The number of amides is 1. The van der Waals surface area contributed by atoms with Crippen molar-refractivity contribution in [3.05, 3.63) is 45.7 Å². The van der Waals surface area contributed by atoms with Crippen LogP contribution in [-0.4, -0.2) is 50.1 Å². The van der Waals surface area contributed by atoms with E-state index in [4.69, 9.17) is 0 Å². The van der Waals surface area contributed by atoms with Crippen molar-refractivity contribution in [1.82, 2.24) is 15.5 Å². The zero-order valence-electron chi connectivity index (χ0n) is 12.8. The number of halogens is 1. The van der Waals surface area contributed by atoms with E-state index >= 15 is 0 Å². The third-order valence-electron chi connectivity index (χ3n) is 3.88. The second kappa shape index (κ2) is 8.06. The lowest BCUT2D eigenvalue weighted by Crippen LogP contribution is -2.46. The van der Waals surface area contributed by atoms with Gasteiger partial charge >= 0.3 is 0 Å². The molecule has 23 heavy (non-hydrogen) atoms. The predicted molar refractivity (Wildman–Crippen MR) is 99.1 cm³/mol. The number of benzene rings is 1. The van der Waals surface area contributed by atoms with Crippen LogP contribution >= 0.6 is 27.3 Å². The molecule has 1 fully saturated rings. The lowest BCUT2D eigenvalue weighted by atomic mass is 10.2. The summed E-state index contributed by atoms with van der Waals surface area (Å²) in [4.78, 5) is 16.5. The number of carbonyl (C=O) groups excluding carboxylic acids is 1. The molecule has 0 spiro atoms. The average molecular weight is 394 g/mol. The summed E-state index contributed by atoms with van der Waals surface area (Å²) in [5.74, 6) is 0.0218. The summed E-state index contributed by atoms with van der Waals surface area (Å²) in [6.07, 6.45) is 0. The largest absolute Gasteiger partial charge is 0.350 e. The van der Waals surface area contributed by atoms with E-state index in [1.807, 2.05) is 24.3 Å². The van der Waals surface area contributed by atoms with Crippen LogP contribution in [0, 0.1) is 0 Å². The highest BCUT2D eigenvalue weighted by molar-refractivity contribution is 9.10. The molecule has 0 saturated carbocycles. The Hall–Kier alpha value is -1.21. The summed E-state index contributed by atoms with van der Waals surface area (Å²) in [5.41, 5.74) is 1.14. The van der Waals surface area contributed by atoms with Crippen molar-refractivity contribution in [3.8, 4) is 10.4 Å². The van der Waals surface area contributed by atoms with Crippen LogP contribution in [0.2, 0.25) is 0 Å². The smallest absolute Gasteiger partial charge is 0.261 e. The maximum absolute atomic E-state index is 12.2. The van der Waals surface area contributed by atoms with Crippen LogP contribution in [0.5, 0.6) is 0 Å². The number of nitrogens with zero attached hydrogens (tertiary/aromatic N) is 1. The highest BCUT2D eigenvalue weighted by Crippen LogP contribution is 2.29. The van der Waals surface area contributed by atoms with Crippen LogP contribution in [0.15, 0.2) is 40.9 Å². The Morgan fingerprint density at radius 2 is 1.91 bits per heavy atom. The van der Waals surface area contributed by atoms with Gasteiger partial charge in [-0.1, -0.05) is 28.1 Å². The quantitative estimate of drug-likeness (QED) is 0.820. The molecule has 3 rings (SSSR count). The van der Waals surface area contributed by atoms with Gasteiger partial charge in [0.05, 0.1) is 4.88 Å². The molecule has 1 aromatic heterocycles. The van der Waals surface area contributed by atoms with Crippen molar-refractivity contribution in [2.24, 2.45) is 0 Å². The molecule has 0 radical (unpaired) electrons. The Labute approximate surface area is 149 Å². The molecule has 1 aromatic carbocycles. The van der Waals surface area contributed by atoms with E-state index in [9.17, 15) is 4.79 Å². The van der Waals surface area contributed by atoms with Crippen LogP contribution in [0.25, 0.3) is 10.4 Å². The number of carbonyl (C=O) groups is 1. The molecule has 122 valence electrons. The third kappa shape index (κ3) is 4.64. The minimum absolute atomic E-state index is 0.0218. The second-order valence-electron chi connectivity index (χ2n) is 5.52. The van der Waals surface area contributed by atoms with E-state index in [0.717, 1.165) is 52.5 Å². The zero-order valence-corrected chi connectivity index (χ0v) is 15.3. The van der Waals surface area contributed by atoms with Gasteiger partial charge in [-0.25, -0.2) is 0 Å². The molecule has 1 aliphatic heterocycles. The van der Waals surface area contributed by atoms with Crippen molar-refractivity contribution in [2.45, 2.75) is 0 Å². The van der Waals surface area contributed by atoms with Crippen LogP contribution in [0.1, 0.15) is 9.67 Å². The Morgan fingerprint density at radius 3 is 2.65 bits per heavy atom. The summed E-state index contributed by atoms with van der Waals surface area (Å²) in [6.45, 7) is 5.80. The summed E-state index contributed by atoms with van der Waals surface area (Å²) >= 11 is 4.97. The minimum Gasteiger partial charge on any atom is -0.350 e. The average Bonchev–Trinajstić information content (AvgIpc) is 3.06. The molecule has 1 saturated heterocycles. The Morgan fingerprint density at radius 1 is 1.17 bits per heavy atom. The van der Waals surface area contributed by atoms with Crippen molar-refractivity contribution in [2.75, 3.05) is 39.3 Å². The van der Waals surface area contributed by atoms with E-state index in [-0.39, 0.29) is 5.91 Å². The Balaban J connectivity index is 1.52. The van der Waals surface area contributed by atoms with E-state index in [0.29, 0.717) is 6.54 Å². The van der Waals surface area contributed by atoms with Gasteiger partial charge in [0.2, 0.25) is 0 Å². The number of thiophene rings is 1. The first kappa shape index (κ1) is 16.6. The summed E-state index contributed by atoms with van der Waals surface area (Å²) in [7, 11) is 0. The maximum Gasteiger partial charge on any atom is 0.261 e. The fraction of sp³-hybridized carbons (Fsp3) is 0.353. The first-order chi connectivity index (χ1) is 11.2. The predicted octanol–water partition coefficient (Wildman–Crippen LogP) is 2.81. The van der Waals surface area contributed by atoms with E-state index in [1.165, 1.54) is 11.3 Å². The fourth-order valence-corrected chi connectivity index (χ4v) is 3.77. The number of nitrogens with one attached hydrogen (secondary N) is 2. The van der Waals surface area contributed by atoms with Gasteiger partial charge in [-0.15, -0.1) is 11.3 Å². The molecule has 4 nitrogen and oxygen atoms in total. The molecule has 0 unspecified atom stereocenters. The van der Waals surface area contributed by atoms with Gasteiger partial charge in [0.15, 0.2) is 0 Å². The number of rotatable bonds is 5. The van der Waals surface area contributed by atoms with Crippen LogP contribution in [0.3, 0.4) is 0 Å². The SMILES string of the molecule is O=C(NCCN1CCNCC1)c1ccc(-c2ccc(Br)cc2)s1. The van der Waals surface area contributed by atoms with Gasteiger partial charge in [-0.3, -0.25) is 9.69 Å². The van der Waals surface area contributed by atoms with E-state index in [1.54, 1.807) is 0 Å². The molecule has 6 heteroatoms. The Bertz CT molecular complexity index is 650. The molecule has 1 amide bonds. The first-order valence-corrected chi connectivity index (χ1v) is 9.40. The van der Waals surface area contributed by atoms with Gasteiger partial charge in [0.1, 0.15) is 0 Å².